The van der Waals surface area contributed by atoms with Crippen LogP contribution in [0.3, 0.4) is 0 Å². The topological polar surface area (TPSA) is 55.1 Å². The summed E-state index contributed by atoms with van der Waals surface area (Å²) in [5, 5.41) is 3.11. The minimum Gasteiger partial charge on any atom is -0.349 e. The second-order valence-electron chi connectivity index (χ2n) is 4.90. The highest BCUT2D eigenvalue weighted by Crippen LogP contribution is 2.18. The molecule has 1 aromatic carbocycles. The van der Waals surface area contributed by atoms with Crippen LogP contribution in [0.25, 0.3) is 0 Å². The van der Waals surface area contributed by atoms with Gasteiger partial charge in [0.15, 0.2) is 0 Å². The van der Waals surface area contributed by atoms with Gasteiger partial charge in [0.2, 0.25) is 0 Å². The Hall–Kier alpha value is -1.79. The highest BCUT2D eigenvalue weighted by molar-refractivity contribution is 5.94. The Morgan fingerprint density at radius 1 is 1.32 bits per heavy atom. The Morgan fingerprint density at radius 2 is 2.11 bits per heavy atom. The zero-order valence-corrected chi connectivity index (χ0v) is 11.1. The van der Waals surface area contributed by atoms with E-state index < -0.39 is 0 Å². The van der Waals surface area contributed by atoms with Gasteiger partial charge >= 0.3 is 0 Å². The standard InChI is InChI=1S/C16H20N2O/c17-11-5-7-13-6-4-8-14(12-13)16(19)18-15-9-2-1-3-10-15/h4,6,8,12,15H,1-3,9-11,17H2,(H,18,19). The predicted octanol–water partition coefficient (Wildman–Crippen LogP) is 2.06. The highest BCUT2D eigenvalue weighted by Gasteiger charge is 2.16. The van der Waals surface area contributed by atoms with E-state index in [0.717, 1.165) is 18.4 Å². The zero-order chi connectivity index (χ0) is 13.5. The predicted molar refractivity (Wildman–Crippen MR) is 76.7 cm³/mol. The molecule has 1 amide bonds. The molecule has 1 aliphatic rings. The molecule has 0 spiro atoms. The van der Waals surface area contributed by atoms with Crippen molar-refractivity contribution >= 4 is 5.91 Å². The van der Waals surface area contributed by atoms with Crippen LogP contribution in [0.15, 0.2) is 24.3 Å². The SMILES string of the molecule is NCC#Cc1cccc(C(=O)NC2CCCCC2)c1. The molecule has 0 aromatic heterocycles. The van der Waals surface area contributed by atoms with Crippen molar-refractivity contribution in [2.45, 2.75) is 38.1 Å². The summed E-state index contributed by atoms with van der Waals surface area (Å²) in [6, 6.07) is 7.73. The quantitative estimate of drug-likeness (QED) is 0.796. The van der Waals surface area contributed by atoms with Gasteiger partial charge in [-0.2, -0.15) is 0 Å². The molecule has 0 heterocycles. The Balaban J connectivity index is 2.01. The number of nitrogens with one attached hydrogen (secondary N) is 1. The van der Waals surface area contributed by atoms with Crippen molar-refractivity contribution in [3.63, 3.8) is 0 Å². The summed E-state index contributed by atoms with van der Waals surface area (Å²) in [7, 11) is 0. The van der Waals surface area contributed by atoms with E-state index in [2.05, 4.69) is 17.2 Å². The summed E-state index contributed by atoms with van der Waals surface area (Å²) in [6.45, 7) is 0.332. The first-order valence-electron chi connectivity index (χ1n) is 6.89. The van der Waals surface area contributed by atoms with Crippen LogP contribution in [-0.2, 0) is 0 Å². The molecule has 3 heteroatoms. The maximum Gasteiger partial charge on any atom is 0.251 e. The number of hydrogen-bond donors (Lipinski definition) is 2. The lowest BCUT2D eigenvalue weighted by atomic mass is 9.95. The molecule has 0 atom stereocenters. The van der Waals surface area contributed by atoms with E-state index in [4.69, 9.17) is 5.73 Å². The van der Waals surface area contributed by atoms with Crippen molar-refractivity contribution in [1.82, 2.24) is 5.32 Å². The van der Waals surface area contributed by atoms with Crippen LogP contribution in [-0.4, -0.2) is 18.5 Å². The molecule has 100 valence electrons. The Kier molecular flexibility index (Phi) is 5.00. The monoisotopic (exact) mass is 256 g/mol. The maximum atomic E-state index is 12.2. The van der Waals surface area contributed by atoms with E-state index in [1.807, 2.05) is 24.3 Å². The van der Waals surface area contributed by atoms with Crippen LogP contribution in [0.5, 0.6) is 0 Å². The number of amides is 1. The van der Waals surface area contributed by atoms with E-state index in [1.54, 1.807) is 0 Å². The number of carbonyl (C=O) groups excluding carboxylic acids is 1. The summed E-state index contributed by atoms with van der Waals surface area (Å²) < 4.78 is 0. The van der Waals surface area contributed by atoms with Gasteiger partial charge < -0.3 is 11.1 Å². The number of hydrogen-bond acceptors (Lipinski definition) is 2. The van der Waals surface area contributed by atoms with Gasteiger partial charge in [0.1, 0.15) is 0 Å². The van der Waals surface area contributed by atoms with Crippen LogP contribution in [0, 0.1) is 11.8 Å². The number of benzene rings is 1. The third-order valence-corrected chi connectivity index (χ3v) is 3.40. The fourth-order valence-corrected chi connectivity index (χ4v) is 2.41. The molecule has 0 bridgehead atoms. The van der Waals surface area contributed by atoms with Crippen molar-refractivity contribution in [3.05, 3.63) is 35.4 Å². The van der Waals surface area contributed by atoms with Crippen molar-refractivity contribution in [3.8, 4) is 11.8 Å². The minimum atomic E-state index is 0.00305. The first-order chi connectivity index (χ1) is 9.29. The number of rotatable bonds is 2. The van der Waals surface area contributed by atoms with Gasteiger partial charge in [0, 0.05) is 17.2 Å². The van der Waals surface area contributed by atoms with Gasteiger partial charge in [0.05, 0.1) is 6.54 Å². The minimum absolute atomic E-state index is 0.00305. The van der Waals surface area contributed by atoms with Crippen molar-refractivity contribution in [2.75, 3.05) is 6.54 Å². The van der Waals surface area contributed by atoms with E-state index in [-0.39, 0.29) is 5.91 Å². The van der Waals surface area contributed by atoms with Crippen molar-refractivity contribution < 1.29 is 4.79 Å². The smallest absolute Gasteiger partial charge is 0.251 e. The fourth-order valence-electron chi connectivity index (χ4n) is 2.41. The summed E-state index contributed by atoms with van der Waals surface area (Å²) in [4.78, 5) is 12.2. The number of carbonyl (C=O) groups is 1. The van der Waals surface area contributed by atoms with Crippen LogP contribution in [0.1, 0.15) is 48.0 Å². The average Bonchev–Trinajstić information content (AvgIpc) is 2.46. The first kappa shape index (κ1) is 13.6. The van der Waals surface area contributed by atoms with Gasteiger partial charge in [-0.05, 0) is 31.0 Å². The Morgan fingerprint density at radius 3 is 2.84 bits per heavy atom. The van der Waals surface area contributed by atoms with Crippen molar-refractivity contribution in [1.29, 1.82) is 0 Å². The Bertz CT molecular complexity index is 493. The van der Waals surface area contributed by atoms with Gasteiger partial charge in [-0.1, -0.05) is 37.2 Å². The van der Waals surface area contributed by atoms with Crippen LogP contribution < -0.4 is 11.1 Å². The number of nitrogens with two attached hydrogens (primary N) is 1. The van der Waals surface area contributed by atoms with Gasteiger partial charge in [-0.15, -0.1) is 0 Å². The molecule has 1 aliphatic carbocycles. The normalized spacial score (nSPS) is 15.4. The van der Waals surface area contributed by atoms with Gasteiger partial charge in [-0.25, -0.2) is 0 Å². The van der Waals surface area contributed by atoms with Gasteiger partial charge in [-0.3, -0.25) is 4.79 Å². The molecule has 0 saturated heterocycles. The Labute approximate surface area is 114 Å². The summed E-state index contributed by atoms with van der Waals surface area (Å²) in [6.07, 6.45) is 5.91. The summed E-state index contributed by atoms with van der Waals surface area (Å²) in [5.41, 5.74) is 6.86. The highest BCUT2D eigenvalue weighted by atomic mass is 16.1. The van der Waals surface area contributed by atoms with Crippen molar-refractivity contribution in [2.24, 2.45) is 5.73 Å². The van der Waals surface area contributed by atoms with E-state index in [9.17, 15) is 4.79 Å². The molecule has 2 rings (SSSR count). The largest absolute Gasteiger partial charge is 0.349 e. The molecular formula is C16H20N2O. The lowest BCUT2D eigenvalue weighted by Gasteiger charge is -2.22. The molecule has 0 unspecified atom stereocenters. The molecule has 19 heavy (non-hydrogen) atoms. The molecule has 0 aliphatic heterocycles. The lowest BCUT2D eigenvalue weighted by molar-refractivity contribution is 0.0927. The summed E-state index contributed by atoms with van der Waals surface area (Å²) >= 11 is 0. The molecular weight excluding hydrogens is 236 g/mol. The van der Waals surface area contributed by atoms with Crippen LogP contribution >= 0.6 is 0 Å². The van der Waals surface area contributed by atoms with E-state index >= 15 is 0 Å². The average molecular weight is 256 g/mol. The summed E-state index contributed by atoms with van der Waals surface area (Å²) in [5.74, 6) is 5.75. The third kappa shape index (κ3) is 4.11. The van der Waals surface area contributed by atoms with E-state index in [0.29, 0.717) is 18.2 Å². The molecule has 1 aromatic rings. The molecule has 1 fully saturated rings. The second-order valence-corrected chi connectivity index (χ2v) is 4.90. The fraction of sp³-hybridized carbons (Fsp3) is 0.438. The molecule has 0 radical (unpaired) electrons. The lowest BCUT2D eigenvalue weighted by Crippen LogP contribution is -2.36. The zero-order valence-electron chi connectivity index (χ0n) is 11.1. The molecule has 3 N–H and O–H groups in total. The molecule has 3 nitrogen and oxygen atoms in total. The van der Waals surface area contributed by atoms with E-state index in [1.165, 1.54) is 19.3 Å². The second kappa shape index (κ2) is 6.96. The maximum absolute atomic E-state index is 12.2. The first-order valence-corrected chi connectivity index (χ1v) is 6.89. The van der Waals surface area contributed by atoms with Crippen LogP contribution in [0.2, 0.25) is 0 Å². The molecule has 1 saturated carbocycles. The third-order valence-electron chi connectivity index (χ3n) is 3.40. The van der Waals surface area contributed by atoms with Crippen LogP contribution in [0.4, 0.5) is 0 Å². The van der Waals surface area contributed by atoms with Gasteiger partial charge in [0.25, 0.3) is 5.91 Å².